The SMILES string of the molecule is FCCCc1ccc2cc(-c3ccc(C(F)(F)Oc4cc(F)c5c(F)c(C#CC(F)(F)F)c(F)cc5c4)cc3)ccc2c1. The molecule has 0 aliphatic rings. The van der Waals surface area contributed by atoms with Crippen molar-refractivity contribution in [3.63, 3.8) is 0 Å². The summed E-state index contributed by atoms with van der Waals surface area (Å²) in [5.74, 6) is -3.47. The van der Waals surface area contributed by atoms with Gasteiger partial charge in [0.25, 0.3) is 0 Å². The minimum atomic E-state index is -5.05. The molecular formula is C33H19F9O. The minimum Gasteiger partial charge on any atom is -0.429 e. The van der Waals surface area contributed by atoms with E-state index in [2.05, 4.69) is 0 Å². The normalized spacial score (nSPS) is 11.9. The Morgan fingerprint density at radius 2 is 1.35 bits per heavy atom. The fourth-order valence-electron chi connectivity index (χ4n) is 4.66. The molecule has 0 saturated carbocycles. The van der Waals surface area contributed by atoms with Gasteiger partial charge in [0.1, 0.15) is 17.4 Å². The van der Waals surface area contributed by atoms with Crippen molar-refractivity contribution in [2.45, 2.75) is 25.1 Å². The topological polar surface area (TPSA) is 9.23 Å². The van der Waals surface area contributed by atoms with Crippen LogP contribution in [0.4, 0.5) is 39.5 Å². The van der Waals surface area contributed by atoms with Gasteiger partial charge in [-0.3, -0.25) is 4.39 Å². The number of rotatable bonds is 7. The molecule has 0 saturated heterocycles. The zero-order valence-corrected chi connectivity index (χ0v) is 21.9. The highest BCUT2D eigenvalue weighted by molar-refractivity contribution is 5.88. The van der Waals surface area contributed by atoms with E-state index in [1.807, 2.05) is 36.4 Å². The Hall–Kier alpha value is -4.65. The molecule has 0 aliphatic heterocycles. The van der Waals surface area contributed by atoms with E-state index in [0.29, 0.717) is 36.5 Å². The second kappa shape index (κ2) is 11.6. The highest BCUT2D eigenvalue weighted by atomic mass is 19.4. The van der Waals surface area contributed by atoms with Crippen LogP contribution in [0.5, 0.6) is 5.75 Å². The average molecular weight is 602 g/mol. The average Bonchev–Trinajstić information content (AvgIpc) is 2.94. The Balaban J connectivity index is 1.39. The zero-order chi connectivity index (χ0) is 30.9. The van der Waals surface area contributed by atoms with E-state index < -0.39 is 64.1 Å². The number of alkyl halides is 6. The molecule has 0 heterocycles. The number of hydrogen-bond donors (Lipinski definition) is 0. The first-order valence-electron chi connectivity index (χ1n) is 12.8. The molecule has 0 aliphatic carbocycles. The number of hydrogen-bond acceptors (Lipinski definition) is 1. The molecule has 0 aromatic heterocycles. The van der Waals surface area contributed by atoms with Crippen LogP contribution in [0.15, 0.2) is 78.9 Å². The number of aryl methyl sites for hydroxylation is 1. The van der Waals surface area contributed by atoms with Crippen LogP contribution in [0.25, 0.3) is 32.7 Å². The predicted molar refractivity (Wildman–Crippen MR) is 145 cm³/mol. The minimum absolute atomic E-state index is 0.399. The maximum absolute atomic E-state index is 15.0. The summed E-state index contributed by atoms with van der Waals surface area (Å²) in [6.07, 6.45) is -7.99. The molecule has 0 unspecified atom stereocenters. The fourth-order valence-corrected chi connectivity index (χ4v) is 4.66. The summed E-state index contributed by atoms with van der Waals surface area (Å²) in [5, 5.41) is 0.369. The van der Waals surface area contributed by atoms with Crippen molar-refractivity contribution in [3.05, 3.63) is 113 Å². The molecule has 0 N–H and O–H groups in total. The molecule has 0 fully saturated rings. The lowest BCUT2D eigenvalue weighted by Gasteiger charge is -2.19. The highest BCUT2D eigenvalue weighted by Gasteiger charge is 2.35. The monoisotopic (exact) mass is 602 g/mol. The van der Waals surface area contributed by atoms with Crippen LogP contribution in [0.3, 0.4) is 0 Å². The molecule has 0 atom stereocenters. The van der Waals surface area contributed by atoms with Gasteiger partial charge in [-0.25, -0.2) is 13.2 Å². The Morgan fingerprint density at radius 3 is 2.05 bits per heavy atom. The zero-order valence-electron chi connectivity index (χ0n) is 21.9. The molecule has 10 heteroatoms. The molecule has 1 nitrogen and oxygen atoms in total. The Bertz CT molecular complexity index is 1880. The largest absolute Gasteiger partial charge is 0.458 e. The van der Waals surface area contributed by atoms with Crippen LogP contribution >= 0.6 is 0 Å². The van der Waals surface area contributed by atoms with Crippen LogP contribution < -0.4 is 4.74 Å². The number of ether oxygens (including phenoxy) is 1. The lowest BCUT2D eigenvalue weighted by atomic mass is 9.98. The molecule has 5 rings (SSSR count). The van der Waals surface area contributed by atoms with Crippen molar-refractivity contribution in [3.8, 4) is 28.7 Å². The van der Waals surface area contributed by atoms with Gasteiger partial charge in [-0.1, -0.05) is 48.4 Å². The third-order valence-electron chi connectivity index (χ3n) is 6.69. The van der Waals surface area contributed by atoms with Crippen molar-refractivity contribution in [1.82, 2.24) is 0 Å². The second-order valence-corrected chi connectivity index (χ2v) is 9.68. The summed E-state index contributed by atoms with van der Waals surface area (Å²) in [4.78, 5) is 0. The van der Waals surface area contributed by atoms with Crippen LogP contribution in [0.2, 0.25) is 0 Å². The Morgan fingerprint density at radius 1 is 0.674 bits per heavy atom. The maximum Gasteiger partial charge on any atom is 0.458 e. The van der Waals surface area contributed by atoms with Crippen molar-refractivity contribution in [2.24, 2.45) is 0 Å². The summed E-state index contributed by atoms with van der Waals surface area (Å²) in [6.45, 7) is -0.399. The van der Waals surface area contributed by atoms with Gasteiger partial charge in [-0.05, 0) is 76.0 Å². The number of fused-ring (bicyclic) bond motifs is 2. The Kier molecular flexibility index (Phi) is 8.02. The van der Waals surface area contributed by atoms with Crippen molar-refractivity contribution < 1.29 is 44.3 Å². The maximum atomic E-state index is 15.0. The molecule has 220 valence electrons. The van der Waals surface area contributed by atoms with Gasteiger partial charge >= 0.3 is 12.3 Å². The van der Waals surface area contributed by atoms with E-state index in [1.54, 1.807) is 0 Å². The molecular weight excluding hydrogens is 583 g/mol. The van der Waals surface area contributed by atoms with Gasteiger partial charge in [0, 0.05) is 12.0 Å². The van der Waals surface area contributed by atoms with Crippen LogP contribution in [0.1, 0.15) is 23.1 Å². The summed E-state index contributed by atoms with van der Waals surface area (Å²) >= 11 is 0. The Labute approximate surface area is 239 Å². The van der Waals surface area contributed by atoms with Crippen LogP contribution in [-0.4, -0.2) is 12.9 Å². The number of halogens is 9. The molecule has 0 bridgehead atoms. The first kappa shape index (κ1) is 29.8. The lowest BCUT2D eigenvalue weighted by Crippen LogP contribution is -2.21. The van der Waals surface area contributed by atoms with E-state index in [4.69, 9.17) is 4.74 Å². The molecule has 0 spiro atoms. The van der Waals surface area contributed by atoms with E-state index in [1.165, 1.54) is 18.1 Å². The van der Waals surface area contributed by atoms with Crippen molar-refractivity contribution >= 4 is 21.5 Å². The molecule has 0 radical (unpaired) electrons. The first-order valence-corrected chi connectivity index (χ1v) is 12.8. The molecule has 5 aromatic rings. The third-order valence-corrected chi connectivity index (χ3v) is 6.69. The molecule has 43 heavy (non-hydrogen) atoms. The van der Waals surface area contributed by atoms with E-state index >= 15 is 8.78 Å². The van der Waals surface area contributed by atoms with Crippen LogP contribution in [0, 0.1) is 29.3 Å². The van der Waals surface area contributed by atoms with Gasteiger partial charge in [0.2, 0.25) is 0 Å². The predicted octanol–water partition coefficient (Wildman–Crippen LogP) is 10.0. The van der Waals surface area contributed by atoms with Gasteiger partial charge in [-0.15, -0.1) is 0 Å². The molecule has 5 aromatic carbocycles. The molecule has 0 amide bonds. The summed E-state index contributed by atoms with van der Waals surface area (Å²) in [7, 11) is 0. The lowest BCUT2D eigenvalue weighted by molar-refractivity contribution is -0.185. The third kappa shape index (κ3) is 6.56. The number of benzene rings is 5. The summed E-state index contributed by atoms with van der Waals surface area (Å²) in [6, 6.07) is 18.1. The quantitative estimate of drug-likeness (QED) is 0.133. The van der Waals surface area contributed by atoms with Gasteiger partial charge in [0.15, 0.2) is 5.82 Å². The highest BCUT2D eigenvalue weighted by Crippen LogP contribution is 2.37. The standard InChI is InChI=1S/C33H19F9O/c34-13-1-2-19-3-4-23-15-22(6-5-21(23)14-19)20-7-9-25(10-8-20)33(41,42)43-26-16-24-17-28(35)27(11-12-32(38,39)40)31(37)30(24)29(36)18-26/h3-10,14-18H,1-2,13H2. The van der Waals surface area contributed by atoms with Gasteiger partial charge in [0.05, 0.1) is 23.2 Å². The van der Waals surface area contributed by atoms with E-state index in [0.717, 1.165) is 40.1 Å². The van der Waals surface area contributed by atoms with Gasteiger partial charge < -0.3 is 4.74 Å². The fraction of sp³-hybridized carbons (Fsp3) is 0.152. The summed E-state index contributed by atoms with van der Waals surface area (Å²) in [5.41, 5.74) is 0.471. The second-order valence-electron chi connectivity index (χ2n) is 9.68. The van der Waals surface area contributed by atoms with Gasteiger partial charge in [-0.2, -0.15) is 22.0 Å². The van der Waals surface area contributed by atoms with Crippen molar-refractivity contribution in [1.29, 1.82) is 0 Å². The summed E-state index contributed by atoms with van der Waals surface area (Å²) < 4.78 is 128. The smallest absolute Gasteiger partial charge is 0.429 e. The van der Waals surface area contributed by atoms with E-state index in [-0.39, 0.29) is 0 Å². The first-order chi connectivity index (χ1) is 20.3. The van der Waals surface area contributed by atoms with Crippen LogP contribution in [-0.2, 0) is 12.5 Å². The van der Waals surface area contributed by atoms with E-state index in [9.17, 15) is 30.7 Å². The van der Waals surface area contributed by atoms with Crippen molar-refractivity contribution in [2.75, 3.05) is 6.67 Å².